The number of anilines is 1. The van der Waals surface area contributed by atoms with Gasteiger partial charge in [0.1, 0.15) is 0 Å². The Kier molecular flexibility index (Phi) is 9.71. The summed E-state index contributed by atoms with van der Waals surface area (Å²) < 4.78 is 0. The molecule has 6 nitrogen and oxygen atoms in total. The second-order valence-corrected chi connectivity index (χ2v) is 7.46. The highest BCUT2D eigenvalue weighted by molar-refractivity contribution is 14.0. The molecule has 0 aromatic heterocycles. The summed E-state index contributed by atoms with van der Waals surface area (Å²) in [7, 11) is 1.63. The first kappa shape index (κ1) is 24.3. The molecule has 0 saturated carbocycles. The Morgan fingerprint density at radius 2 is 2.00 bits per heavy atom. The molecule has 1 saturated heterocycles. The maximum absolute atomic E-state index is 11.6. The standard InChI is InChI=1S/C22H28ClN5O.HI/c1-3-25-22(26-14-16-7-9-17(10-8-16)21(29)24-2)27-19-11-12-28(15-19)20-6-4-5-18(23)13-20;/h4-10,13,19H,3,11-12,14-15H2,1-2H3,(H,24,29)(H2,25,26,27);1H. The Labute approximate surface area is 200 Å². The smallest absolute Gasteiger partial charge is 0.251 e. The van der Waals surface area contributed by atoms with E-state index in [2.05, 4.69) is 33.8 Å². The van der Waals surface area contributed by atoms with Gasteiger partial charge < -0.3 is 20.9 Å². The molecule has 8 heteroatoms. The number of amides is 1. The molecule has 1 unspecified atom stereocenters. The van der Waals surface area contributed by atoms with Crippen molar-refractivity contribution in [1.29, 1.82) is 0 Å². The lowest BCUT2D eigenvalue weighted by Crippen LogP contribution is -2.44. The van der Waals surface area contributed by atoms with Gasteiger partial charge in [0.05, 0.1) is 6.54 Å². The number of benzene rings is 2. The van der Waals surface area contributed by atoms with Crippen LogP contribution in [0, 0.1) is 0 Å². The molecular weight excluding hydrogens is 513 g/mol. The lowest BCUT2D eigenvalue weighted by Gasteiger charge is -2.20. The predicted octanol–water partition coefficient (Wildman–Crippen LogP) is 3.65. The first-order valence-electron chi connectivity index (χ1n) is 9.95. The van der Waals surface area contributed by atoms with Gasteiger partial charge in [-0.25, -0.2) is 4.99 Å². The van der Waals surface area contributed by atoms with Crippen LogP contribution in [0.4, 0.5) is 5.69 Å². The summed E-state index contributed by atoms with van der Waals surface area (Å²) in [5.41, 5.74) is 2.86. The number of guanidine groups is 1. The average molecular weight is 542 g/mol. The van der Waals surface area contributed by atoms with Gasteiger partial charge in [-0.2, -0.15) is 0 Å². The average Bonchev–Trinajstić information content (AvgIpc) is 3.20. The number of hydrogen-bond acceptors (Lipinski definition) is 3. The molecular formula is C22H29ClIN5O. The maximum Gasteiger partial charge on any atom is 0.251 e. The maximum atomic E-state index is 11.6. The van der Waals surface area contributed by atoms with E-state index in [1.807, 2.05) is 42.5 Å². The third-order valence-corrected chi connectivity index (χ3v) is 5.14. The minimum Gasteiger partial charge on any atom is -0.369 e. The first-order valence-corrected chi connectivity index (χ1v) is 10.3. The van der Waals surface area contributed by atoms with Crippen LogP contribution < -0.4 is 20.9 Å². The van der Waals surface area contributed by atoms with Gasteiger partial charge >= 0.3 is 0 Å². The number of carbonyl (C=O) groups excluding carboxylic acids is 1. The second kappa shape index (κ2) is 12.0. The number of carbonyl (C=O) groups is 1. The number of halogens is 2. The zero-order valence-corrected chi connectivity index (χ0v) is 20.4. The molecule has 0 bridgehead atoms. The van der Waals surface area contributed by atoms with Crippen LogP contribution in [-0.2, 0) is 6.54 Å². The normalized spacial score (nSPS) is 16.0. The lowest BCUT2D eigenvalue weighted by molar-refractivity contribution is 0.0963. The van der Waals surface area contributed by atoms with Crippen molar-refractivity contribution < 1.29 is 4.79 Å². The fraction of sp³-hybridized carbons (Fsp3) is 0.364. The van der Waals surface area contributed by atoms with E-state index in [0.29, 0.717) is 18.2 Å². The highest BCUT2D eigenvalue weighted by Gasteiger charge is 2.23. The van der Waals surface area contributed by atoms with E-state index < -0.39 is 0 Å². The second-order valence-electron chi connectivity index (χ2n) is 7.03. The minimum absolute atomic E-state index is 0. The van der Waals surface area contributed by atoms with Crippen molar-refractivity contribution in [3.63, 3.8) is 0 Å². The summed E-state index contributed by atoms with van der Waals surface area (Å²) in [6.07, 6.45) is 1.04. The highest BCUT2D eigenvalue weighted by atomic mass is 127. The molecule has 2 aromatic carbocycles. The third-order valence-electron chi connectivity index (χ3n) is 4.91. The van der Waals surface area contributed by atoms with E-state index in [9.17, 15) is 4.79 Å². The van der Waals surface area contributed by atoms with E-state index in [1.165, 1.54) is 0 Å². The van der Waals surface area contributed by atoms with Gasteiger partial charge in [0.25, 0.3) is 5.91 Å². The fourth-order valence-corrected chi connectivity index (χ4v) is 3.56. The van der Waals surface area contributed by atoms with Gasteiger partial charge in [-0.05, 0) is 49.2 Å². The molecule has 162 valence electrons. The molecule has 3 rings (SSSR count). The van der Waals surface area contributed by atoms with Crippen LogP contribution in [0.15, 0.2) is 53.5 Å². The quantitative estimate of drug-likeness (QED) is 0.297. The van der Waals surface area contributed by atoms with E-state index in [1.54, 1.807) is 7.05 Å². The Morgan fingerprint density at radius 1 is 1.23 bits per heavy atom. The number of rotatable bonds is 6. The zero-order chi connectivity index (χ0) is 20.6. The van der Waals surface area contributed by atoms with E-state index in [-0.39, 0.29) is 29.9 Å². The van der Waals surface area contributed by atoms with Crippen LogP contribution >= 0.6 is 35.6 Å². The number of aliphatic imine (C=N–C) groups is 1. The van der Waals surface area contributed by atoms with Crippen LogP contribution in [0.2, 0.25) is 5.02 Å². The molecule has 1 aliphatic heterocycles. The Balaban J connectivity index is 0.00000320. The van der Waals surface area contributed by atoms with Crippen molar-refractivity contribution >= 4 is 53.1 Å². The predicted molar refractivity (Wildman–Crippen MR) is 135 cm³/mol. The van der Waals surface area contributed by atoms with Crippen molar-refractivity contribution in [2.75, 3.05) is 31.6 Å². The summed E-state index contributed by atoms with van der Waals surface area (Å²) >= 11 is 6.13. The fourth-order valence-electron chi connectivity index (χ4n) is 3.38. The van der Waals surface area contributed by atoms with Crippen LogP contribution in [0.5, 0.6) is 0 Å². The number of nitrogens with one attached hydrogen (secondary N) is 3. The number of nitrogens with zero attached hydrogens (tertiary/aromatic N) is 2. The third kappa shape index (κ3) is 6.77. The van der Waals surface area contributed by atoms with Gasteiger partial charge in [0.2, 0.25) is 0 Å². The molecule has 1 aliphatic rings. The summed E-state index contributed by atoms with van der Waals surface area (Å²) in [6, 6.07) is 15.8. The summed E-state index contributed by atoms with van der Waals surface area (Å²) in [5, 5.41) is 10.2. The van der Waals surface area contributed by atoms with Gasteiger partial charge in [0, 0.05) is 49.0 Å². The molecule has 2 aromatic rings. The van der Waals surface area contributed by atoms with Crippen molar-refractivity contribution in [2.24, 2.45) is 4.99 Å². The largest absolute Gasteiger partial charge is 0.369 e. The molecule has 1 fully saturated rings. The Bertz CT molecular complexity index is 859. The van der Waals surface area contributed by atoms with Gasteiger partial charge in [-0.1, -0.05) is 29.8 Å². The zero-order valence-electron chi connectivity index (χ0n) is 17.3. The Hall–Kier alpha value is -2.00. The Morgan fingerprint density at radius 3 is 2.67 bits per heavy atom. The minimum atomic E-state index is -0.0828. The van der Waals surface area contributed by atoms with Gasteiger partial charge in [0.15, 0.2) is 5.96 Å². The van der Waals surface area contributed by atoms with E-state index in [0.717, 1.165) is 48.3 Å². The van der Waals surface area contributed by atoms with Crippen LogP contribution in [0.3, 0.4) is 0 Å². The van der Waals surface area contributed by atoms with Crippen molar-refractivity contribution in [1.82, 2.24) is 16.0 Å². The van der Waals surface area contributed by atoms with Crippen LogP contribution in [0.25, 0.3) is 0 Å². The van der Waals surface area contributed by atoms with Crippen molar-refractivity contribution in [3.05, 3.63) is 64.7 Å². The molecule has 0 spiro atoms. The molecule has 3 N–H and O–H groups in total. The molecule has 0 aliphatic carbocycles. The lowest BCUT2D eigenvalue weighted by atomic mass is 10.1. The molecule has 30 heavy (non-hydrogen) atoms. The van der Waals surface area contributed by atoms with Gasteiger partial charge in [-0.15, -0.1) is 24.0 Å². The molecule has 1 heterocycles. The van der Waals surface area contributed by atoms with Crippen LogP contribution in [0.1, 0.15) is 29.3 Å². The first-order chi connectivity index (χ1) is 14.1. The number of hydrogen-bond donors (Lipinski definition) is 3. The van der Waals surface area contributed by atoms with Crippen molar-refractivity contribution in [2.45, 2.75) is 25.9 Å². The molecule has 1 atom stereocenters. The summed E-state index contributed by atoms with van der Waals surface area (Å²) in [6.45, 7) is 5.30. The summed E-state index contributed by atoms with van der Waals surface area (Å²) in [5.74, 6) is 0.723. The molecule has 0 radical (unpaired) electrons. The van der Waals surface area contributed by atoms with Crippen LogP contribution in [-0.4, -0.2) is 44.6 Å². The summed E-state index contributed by atoms with van der Waals surface area (Å²) in [4.78, 5) is 18.7. The molecule has 1 amide bonds. The monoisotopic (exact) mass is 541 g/mol. The highest BCUT2D eigenvalue weighted by Crippen LogP contribution is 2.23. The van der Waals surface area contributed by atoms with E-state index >= 15 is 0 Å². The van der Waals surface area contributed by atoms with Gasteiger partial charge in [-0.3, -0.25) is 4.79 Å². The van der Waals surface area contributed by atoms with E-state index in [4.69, 9.17) is 16.6 Å². The van der Waals surface area contributed by atoms with Crippen molar-refractivity contribution in [3.8, 4) is 0 Å². The topological polar surface area (TPSA) is 68.8 Å². The SMILES string of the molecule is CCNC(=NCc1ccc(C(=O)NC)cc1)NC1CCN(c2cccc(Cl)c2)C1.I.